The van der Waals surface area contributed by atoms with Crippen molar-refractivity contribution in [1.29, 1.82) is 0 Å². The Morgan fingerprint density at radius 3 is 2.32 bits per heavy atom. The number of esters is 1. The molecule has 0 amide bonds. The summed E-state index contributed by atoms with van der Waals surface area (Å²) in [6.07, 6.45) is 1.74. The molecule has 0 saturated carbocycles. The number of rotatable bonds is 4. The van der Waals surface area contributed by atoms with E-state index in [1.807, 2.05) is 6.92 Å². The number of thiophene rings is 1. The second-order valence-electron chi connectivity index (χ2n) is 4.78. The molecule has 0 fully saturated rings. The SMILES string of the molecule is CCc1c(C(C)(C)S(C)(=O)=O)sc(C(=O)OC)c1N. The van der Waals surface area contributed by atoms with Gasteiger partial charge in [-0.15, -0.1) is 11.3 Å². The highest BCUT2D eigenvalue weighted by Gasteiger charge is 2.38. The summed E-state index contributed by atoms with van der Waals surface area (Å²) >= 11 is 1.10. The first kappa shape index (κ1) is 16.0. The van der Waals surface area contributed by atoms with Crippen LogP contribution in [0, 0.1) is 0 Å². The summed E-state index contributed by atoms with van der Waals surface area (Å²) in [6.45, 7) is 5.11. The van der Waals surface area contributed by atoms with E-state index < -0.39 is 20.6 Å². The fourth-order valence-corrected chi connectivity index (χ4v) is 3.99. The predicted octanol–water partition coefficient (Wildman–Crippen LogP) is 1.96. The number of carbonyl (C=O) groups is 1. The number of ether oxygens (including phenoxy) is 1. The Labute approximate surface area is 117 Å². The largest absolute Gasteiger partial charge is 0.465 e. The van der Waals surface area contributed by atoms with Crippen LogP contribution in [0.3, 0.4) is 0 Å². The Bertz CT molecular complexity index is 599. The molecule has 2 N–H and O–H groups in total. The van der Waals surface area contributed by atoms with Crippen molar-refractivity contribution in [3.05, 3.63) is 15.3 Å². The van der Waals surface area contributed by atoms with Crippen molar-refractivity contribution >= 4 is 32.8 Å². The van der Waals surface area contributed by atoms with E-state index in [1.165, 1.54) is 13.4 Å². The van der Waals surface area contributed by atoms with Gasteiger partial charge in [0, 0.05) is 11.1 Å². The van der Waals surface area contributed by atoms with Crippen LogP contribution in [0.2, 0.25) is 0 Å². The van der Waals surface area contributed by atoms with E-state index >= 15 is 0 Å². The minimum atomic E-state index is -3.32. The van der Waals surface area contributed by atoms with Gasteiger partial charge in [-0.3, -0.25) is 0 Å². The zero-order valence-corrected chi connectivity index (χ0v) is 13.4. The minimum absolute atomic E-state index is 0.270. The molecule has 1 heterocycles. The summed E-state index contributed by atoms with van der Waals surface area (Å²) in [5.41, 5.74) is 6.98. The van der Waals surface area contributed by atoms with E-state index in [-0.39, 0.29) is 4.88 Å². The van der Waals surface area contributed by atoms with Gasteiger partial charge in [0.25, 0.3) is 0 Å². The van der Waals surface area contributed by atoms with Crippen molar-refractivity contribution in [1.82, 2.24) is 0 Å². The summed E-state index contributed by atoms with van der Waals surface area (Å²) in [5.74, 6) is -0.534. The molecule has 0 atom stereocenters. The van der Waals surface area contributed by atoms with Crippen LogP contribution in [0.15, 0.2) is 0 Å². The Kier molecular flexibility index (Phi) is 4.31. The molecule has 1 aromatic rings. The third kappa shape index (κ3) is 2.62. The number of methoxy groups -OCH3 is 1. The zero-order valence-electron chi connectivity index (χ0n) is 11.7. The number of anilines is 1. The third-order valence-corrected chi connectivity index (χ3v) is 6.98. The maximum atomic E-state index is 11.9. The maximum Gasteiger partial charge on any atom is 0.350 e. The van der Waals surface area contributed by atoms with Crippen LogP contribution in [-0.2, 0) is 25.7 Å². The highest BCUT2D eigenvalue weighted by Crippen LogP contribution is 2.42. The molecule has 0 aliphatic carbocycles. The van der Waals surface area contributed by atoms with Crippen LogP contribution in [0.1, 0.15) is 40.9 Å². The van der Waals surface area contributed by atoms with Gasteiger partial charge in [-0.05, 0) is 25.8 Å². The summed E-state index contributed by atoms with van der Waals surface area (Å²) in [6, 6.07) is 0. The number of nitrogen functional groups attached to an aromatic ring is 1. The van der Waals surface area contributed by atoms with Crippen molar-refractivity contribution in [2.45, 2.75) is 31.9 Å². The van der Waals surface area contributed by atoms with E-state index in [0.717, 1.165) is 11.3 Å². The van der Waals surface area contributed by atoms with E-state index in [0.29, 0.717) is 22.5 Å². The molecule has 1 rings (SSSR count). The molecule has 1 aromatic heterocycles. The molecule has 0 aromatic carbocycles. The molecule has 5 nitrogen and oxygen atoms in total. The van der Waals surface area contributed by atoms with Crippen LogP contribution >= 0.6 is 11.3 Å². The van der Waals surface area contributed by atoms with E-state index in [1.54, 1.807) is 13.8 Å². The van der Waals surface area contributed by atoms with Crippen molar-refractivity contribution in [3.63, 3.8) is 0 Å². The Morgan fingerprint density at radius 2 is 1.95 bits per heavy atom. The molecule has 0 bridgehead atoms. The second-order valence-corrected chi connectivity index (χ2v) is 8.37. The first-order chi connectivity index (χ1) is 8.57. The summed E-state index contributed by atoms with van der Waals surface area (Å²) in [7, 11) is -2.05. The number of nitrogens with two attached hydrogens (primary N) is 1. The van der Waals surface area contributed by atoms with Crippen LogP contribution in [-0.4, -0.2) is 27.8 Å². The van der Waals surface area contributed by atoms with Gasteiger partial charge in [0.2, 0.25) is 0 Å². The van der Waals surface area contributed by atoms with Crippen LogP contribution in [0.5, 0.6) is 0 Å². The van der Waals surface area contributed by atoms with Crippen LogP contribution < -0.4 is 5.73 Å². The fraction of sp³-hybridized carbons (Fsp3) is 0.583. The van der Waals surface area contributed by atoms with Gasteiger partial charge in [0.1, 0.15) is 9.62 Å². The van der Waals surface area contributed by atoms with E-state index in [4.69, 9.17) is 5.73 Å². The third-order valence-electron chi connectivity index (χ3n) is 3.25. The topological polar surface area (TPSA) is 86.5 Å². The molecule has 108 valence electrons. The molecule has 0 unspecified atom stereocenters. The molecule has 0 aliphatic heterocycles. The first-order valence-electron chi connectivity index (χ1n) is 5.77. The monoisotopic (exact) mass is 305 g/mol. The molecule has 0 spiro atoms. The zero-order chi connectivity index (χ0) is 15.0. The lowest BCUT2D eigenvalue weighted by molar-refractivity contribution is 0.0607. The van der Waals surface area contributed by atoms with Crippen LogP contribution in [0.4, 0.5) is 5.69 Å². The quantitative estimate of drug-likeness (QED) is 0.859. The Hall–Kier alpha value is -1.08. The molecular formula is C12H19NO4S2. The molecule has 7 heteroatoms. The Balaban J connectivity index is 3.58. The van der Waals surface area contributed by atoms with Crippen molar-refractivity contribution in [3.8, 4) is 0 Å². The van der Waals surface area contributed by atoms with Crippen LogP contribution in [0.25, 0.3) is 0 Å². The lowest BCUT2D eigenvalue weighted by Gasteiger charge is -2.22. The minimum Gasteiger partial charge on any atom is -0.465 e. The van der Waals surface area contributed by atoms with Gasteiger partial charge in [-0.2, -0.15) is 0 Å². The highest BCUT2D eigenvalue weighted by molar-refractivity contribution is 7.91. The summed E-state index contributed by atoms with van der Waals surface area (Å²) in [4.78, 5) is 12.5. The van der Waals surface area contributed by atoms with E-state index in [9.17, 15) is 13.2 Å². The lowest BCUT2D eigenvalue weighted by Crippen LogP contribution is -2.28. The van der Waals surface area contributed by atoms with Crippen molar-refractivity contribution < 1.29 is 17.9 Å². The molecule has 0 saturated heterocycles. The number of hydrogen-bond acceptors (Lipinski definition) is 6. The number of hydrogen-bond donors (Lipinski definition) is 1. The average molecular weight is 305 g/mol. The number of carbonyl (C=O) groups excluding carboxylic acids is 1. The fourth-order valence-electron chi connectivity index (χ4n) is 1.73. The normalized spacial score (nSPS) is 12.5. The van der Waals surface area contributed by atoms with Gasteiger partial charge in [0.05, 0.1) is 12.8 Å². The van der Waals surface area contributed by atoms with Gasteiger partial charge in [-0.1, -0.05) is 6.92 Å². The predicted molar refractivity (Wildman–Crippen MR) is 77.3 cm³/mol. The average Bonchev–Trinajstić information content (AvgIpc) is 2.64. The lowest BCUT2D eigenvalue weighted by atomic mass is 10.0. The summed E-state index contributed by atoms with van der Waals surface area (Å²) in [5, 5.41) is 0. The van der Waals surface area contributed by atoms with Crippen molar-refractivity contribution in [2.24, 2.45) is 0 Å². The molecular weight excluding hydrogens is 286 g/mol. The second kappa shape index (κ2) is 5.13. The van der Waals surface area contributed by atoms with Gasteiger partial charge >= 0.3 is 5.97 Å². The molecule has 19 heavy (non-hydrogen) atoms. The molecule has 0 radical (unpaired) electrons. The smallest absolute Gasteiger partial charge is 0.350 e. The van der Waals surface area contributed by atoms with Crippen molar-refractivity contribution in [2.75, 3.05) is 19.1 Å². The Morgan fingerprint density at radius 1 is 1.42 bits per heavy atom. The van der Waals surface area contributed by atoms with Gasteiger partial charge in [-0.25, -0.2) is 13.2 Å². The maximum absolute atomic E-state index is 11.9. The standard InChI is InChI=1S/C12H19NO4S2/c1-6-7-8(13)9(11(14)17-4)18-10(7)12(2,3)19(5,15)16/h6,13H2,1-5H3. The number of sulfone groups is 1. The van der Waals surface area contributed by atoms with E-state index in [2.05, 4.69) is 4.74 Å². The summed E-state index contributed by atoms with van der Waals surface area (Å²) < 4.78 is 27.5. The first-order valence-corrected chi connectivity index (χ1v) is 8.48. The highest BCUT2D eigenvalue weighted by atomic mass is 32.2. The van der Waals surface area contributed by atoms with Gasteiger partial charge in [0.15, 0.2) is 9.84 Å². The molecule has 0 aliphatic rings. The van der Waals surface area contributed by atoms with Gasteiger partial charge < -0.3 is 10.5 Å².